The van der Waals surface area contributed by atoms with Gasteiger partial charge in [-0.3, -0.25) is 0 Å². The standard InChI is InChI=1S/C30H84O8Si11/c1-25-46(21,31-39(3,4)5)37-48(23,33-41(9,10)11)29-27-43(15,16)35-45(19,20)36-44(17,18)28-30-49(24,34-42(12,13)14)38-47(22,26-2)32-40(6,7)8/h25-30H2,1-24H3. The van der Waals surface area contributed by atoms with Gasteiger partial charge >= 0.3 is 42.8 Å². The van der Waals surface area contributed by atoms with Crippen LogP contribution in [0.3, 0.4) is 0 Å². The average molecular weight is 882 g/mol. The molecule has 49 heavy (non-hydrogen) atoms. The Morgan fingerprint density at radius 1 is 0.265 bits per heavy atom. The molecule has 4 atom stereocenters. The van der Waals surface area contributed by atoms with Crippen LogP contribution in [0.25, 0.3) is 0 Å². The van der Waals surface area contributed by atoms with Crippen molar-refractivity contribution in [2.45, 2.75) is 194 Å². The van der Waals surface area contributed by atoms with E-state index in [-0.39, 0.29) is 0 Å². The molecule has 4 unspecified atom stereocenters. The Kier molecular flexibility index (Phi) is 18.7. The fraction of sp³-hybridized carbons (Fsp3) is 1.00. The molecule has 0 bridgehead atoms. The number of hydrogen-bond acceptors (Lipinski definition) is 8. The molecule has 8 nitrogen and oxygen atoms in total. The van der Waals surface area contributed by atoms with Crippen LogP contribution in [0.4, 0.5) is 0 Å². The van der Waals surface area contributed by atoms with E-state index in [0.717, 1.165) is 36.3 Å². The molecule has 0 radical (unpaired) electrons. The van der Waals surface area contributed by atoms with Crippen molar-refractivity contribution in [1.29, 1.82) is 0 Å². The minimum absolute atomic E-state index is 0.925. The van der Waals surface area contributed by atoms with Gasteiger partial charge in [-0.2, -0.15) is 0 Å². The molecule has 0 aromatic carbocycles. The van der Waals surface area contributed by atoms with Gasteiger partial charge in [0.2, 0.25) is 0 Å². The van der Waals surface area contributed by atoms with Crippen LogP contribution in [-0.2, 0) is 32.9 Å². The first kappa shape index (κ1) is 51.1. The van der Waals surface area contributed by atoms with E-state index >= 15 is 0 Å². The molecule has 0 saturated carbocycles. The third kappa shape index (κ3) is 23.6. The van der Waals surface area contributed by atoms with E-state index in [1.807, 2.05) is 0 Å². The predicted octanol–water partition coefficient (Wildman–Crippen LogP) is 11.9. The second-order valence-electron chi connectivity index (χ2n) is 20.4. The van der Waals surface area contributed by atoms with Gasteiger partial charge in [0.25, 0.3) is 0 Å². The van der Waals surface area contributed by atoms with Gasteiger partial charge in [0.15, 0.2) is 49.9 Å². The van der Waals surface area contributed by atoms with E-state index in [2.05, 4.69) is 158 Å². The monoisotopic (exact) mass is 880 g/mol. The first-order valence-electron chi connectivity index (χ1n) is 18.8. The topological polar surface area (TPSA) is 73.8 Å². The van der Waals surface area contributed by atoms with Gasteiger partial charge in [-0.1, -0.05) is 13.8 Å². The van der Waals surface area contributed by atoms with Gasteiger partial charge < -0.3 is 32.9 Å². The molecular formula is C30H84O8Si11. The summed E-state index contributed by atoms with van der Waals surface area (Å²) in [5.41, 5.74) is 0. The summed E-state index contributed by atoms with van der Waals surface area (Å²) in [6.07, 6.45) is 0. The van der Waals surface area contributed by atoms with Crippen LogP contribution in [-0.4, -0.2) is 92.7 Å². The zero-order valence-corrected chi connectivity index (χ0v) is 48.0. The normalized spacial score (nSPS) is 19.6. The van der Waals surface area contributed by atoms with Crippen LogP contribution in [0.15, 0.2) is 0 Å². The lowest BCUT2D eigenvalue weighted by molar-refractivity contribution is 0.317. The van der Waals surface area contributed by atoms with E-state index in [0.29, 0.717) is 0 Å². The minimum atomic E-state index is -2.53. The van der Waals surface area contributed by atoms with Crippen LogP contribution in [0.2, 0.25) is 180 Å². The zero-order valence-electron chi connectivity index (χ0n) is 37.0. The second-order valence-corrected chi connectivity index (χ2v) is 66.2. The van der Waals surface area contributed by atoms with Gasteiger partial charge in [0.1, 0.15) is 0 Å². The molecule has 0 aliphatic rings. The van der Waals surface area contributed by atoms with Crippen molar-refractivity contribution < 1.29 is 32.9 Å². The quantitative estimate of drug-likeness (QED) is 0.0888. The summed E-state index contributed by atoms with van der Waals surface area (Å²) in [6, 6.07) is 5.69. The fourth-order valence-corrected chi connectivity index (χ4v) is 61.2. The average Bonchev–Trinajstić information content (AvgIpc) is 2.75. The van der Waals surface area contributed by atoms with E-state index in [4.69, 9.17) is 32.9 Å². The fourth-order valence-electron chi connectivity index (χ4n) is 6.59. The Morgan fingerprint density at radius 2 is 0.490 bits per heavy atom. The summed E-state index contributed by atoms with van der Waals surface area (Å²) in [7, 11) is -23.7. The number of hydrogen-bond donors (Lipinski definition) is 0. The summed E-state index contributed by atoms with van der Waals surface area (Å²) in [4.78, 5) is 0. The van der Waals surface area contributed by atoms with Crippen molar-refractivity contribution in [2.24, 2.45) is 0 Å². The third-order valence-electron chi connectivity index (χ3n) is 7.64. The van der Waals surface area contributed by atoms with E-state index in [9.17, 15) is 0 Å². The minimum Gasteiger partial charge on any atom is -0.437 e. The molecule has 0 saturated heterocycles. The maximum Gasteiger partial charge on any atom is 0.315 e. The lowest BCUT2D eigenvalue weighted by Crippen LogP contribution is -2.59. The Balaban J connectivity index is 5.95. The number of rotatable bonds is 24. The van der Waals surface area contributed by atoms with Gasteiger partial charge in [0.05, 0.1) is 0 Å². The first-order chi connectivity index (χ1) is 21.2. The van der Waals surface area contributed by atoms with Crippen molar-refractivity contribution in [3.8, 4) is 0 Å². The van der Waals surface area contributed by atoms with Gasteiger partial charge in [0, 0.05) is 0 Å². The molecule has 0 aliphatic carbocycles. The summed E-state index contributed by atoms with van der Waals surface area (Å²) in [5, 5.41) is 0. The van der Waals surface area contributed by atoms with Crippen molar-refractivity contribution in [1.82, 2.24) is 0 Å². The largest absolute Gasteiger partial charge is 0.437 e. The van der Waals surface area contributed by atoms with Crippen LogP contribution in [0, 0.1) is 0 Å². The summed E-state index contributed by atoms with van der Waals surface area (Å²) in [6.45, 7) is 54.6. The molecule has 0 spiro atoms. The third-order valence-corrected chi connectivity index (χ3v) is 48.4. The Bertz CT molecular complexity index is 949. The SMILES string of the molecule is CC[Si](C)(O[Si](C)(C)C)O[Si](C)(CC[Si](C)(C)O[Si](C)(C)O[Si](C)(C)CC[Si](C)(O[Si](C)(C)C)O[Si](C)(CC)O[Si](C)(C)C)O[Si](C)(C)C. The van der Waals surface area contributed by atoms with Crippen LogP contribution in [0.5, 0.6) is 0 Å². The highest BCUT2D eigenvalue weighted by molar-refractivity contribution is 6.93. The smallest absolute Gasteiger partial charge is 0.315 e. The van der Waals surface area contributed by atoms with Crippen molar-refractivity contribution >= 4 is 92.7 Å². The highest BCUT2D eigenvalue weighted by Crippen LogP contribution is 2.35. The van der Waals surface area contributed by atoms with Crippen LogP contribution < -0.4 is 0 Å². The molecule has 19 heteroatoms. The lowest BCUT2D eigenvalue weighted by atomic mass is 10.9. The predicted molar refractivity (Wildman–Crippen MR) is 241 cm³/mol. The van der Waals surface area contributed by atoms with Crippen molar-refractivity contribution in [2.75, 3.05) is 0 Å². The van der Waals surface area contributed by atoms with Crippen molar-refractivity contribution in [3.05, 3.63) is 0 Å². The second kappa shape index (κ2) is 17.9. The summed E-state index contributed by atoms with van der Waals surface area (Å²) >= 11 is 0. The molecular weight excluding hydrogens is 797 g/mol. The molecule has 0 aromatic rings. The Morgan fingerprint density at radius 3 is 0.694 bits per heavy atom. The van der Waals surface area contributed by atoms with E-state index in [1.165, 1.54) is 0 Å². The molecule has 0 aliphatic heterocycles. The summed E-state index contributed by atoms with van der Waals surface area (Å²) in [5.74, 6) is 0. The van der Waals surface area contributed by atoms with Crippen LogP contribution in [0.1, 0.15) is 13.8 Å². The molecule has 296 valence electrons. The summed E-state index contributed by atoms with van der Waals surface area (Å²) < 4.78 is 56.0. The highest BCUT2D eigenvalue weighted by Gasteiger charge is 2.50. The van der Waals surface area contributed by atoms with E-state index < -0.39 is 92.7 Å². The highest BCUT2D eigenvalue weighted by atomic mass is 28.5. The van der Waals surface area contributed by atoms with Crippen molar-refractivity contribution in [3.63, 3.8) is 0 Å². The maximum atomic E-state index is 7.14. The maximum absolute atomic E-state index is 7.14. The molecule has 0 amide bonds. The molecule has 0 aromatic heterocycles. The molecule has 0 N–H and O–H groups in total. The van der Waals surface area contributed by atoms with E-state index in [1.54, 1.807) is 0 Å². The molecule has 0 fully saturated rings. The van der Waals surface area contributed by atoms with Gasteiger partial charge in [-0.15, -0.1) is 0 Å². The first-order valence-corrected chi connectivity index (χ1v) is 51.6. The Labute approximate surface area is 317 Å². The van der Waals surface area contributed by atoms with Crippen LogP contribution >= 0.6 is 0 Å². The lowest BCUT2D eigenvalue weighted by Gasteiger charge is -2.44. The zero-order chi connectivity index (χ0) is 39.4. The Hall–Kier alpha value is 2.07. The molecule has 0 rings (SSSR count). The molecule has 0 heterocycles. The van der Waals surface area contributed by atoms with Gasteiger partial charge in [-0.05, 0) is 180 Å². The van der Waals surface area contributed by atoms with Gasteiger partial charge in [-0.25, -0.2) is 0 Å².